The topological polar surface area (TPSA) is 26.9 Å². The zero-order chi connectivity index (χ0) is 11.0. The van der Waals surface area contributed by atoms with E-state index in [9.17, 15) is 4.79 Å². The Hall–Kier alpha value is -1.48. The molecule has 4 heteroatoms. The Kier molecular flexibility index (Phi) is 2.40. The molecule has 78 valence electrons. The third-order valence-corrected chi connectivity index (χ3v) is 2.75. The van der Waals surface area contributed by atoms with E-state index in [0.717, 1.165) is 5.69 Å². The Labute approximate surface area is 92.5 Å². The Morgan fingerprint density at radius 3 is 2.47 bits per heavy atom. The smallest absolute Gasteiger partial charge is 0.271 e. The first-order valence-corrected chi connectivity index (χ1v) is 4.99. The third-order valence-electron chi connectivity index (χ3n) is 2.43. The van der Waals surface area contributed by atoms with Crippen LogP contribution in [-0.2, 0) is 7.05 Å². The first-order chi connectivity index (χ1) is 7.11. The maximum absolute atomic E-state index is 11.7. The molecule has 0 unspecified atom stereocenters. The van der Waals surface area contributed by atoms with E-state index in [0.29, 0.717) is 10.7 Å². The lowest BCUT2D eigenvalue weighted by atomic mass is 10.3. The van der Waals surface area contributed by atoms with E-state index >= 15 is 0 Å². The van der Waals surface area contributed by atoms with Crippen molar-refractivity contribution in [1.82, 2.24) is 9.36 Å². The summed E-state index contributed by atoms with van der Waals surface area (Å²) in [6, 6.07) is 8.88. The van der Waals surface area contributed by atoms with Crippen LogP contribution in [0, 0.1) is 6.92 Å². The molecule has 2 rings (SSSR count). The van der Waals surface area contributed by atoms with Crippen molar-refractivity contribution in [1.29, 1.82) is 0 Å². The lowest BCUT2D eigenvalue weighted by Crippen LogP contribution is -2.19. The normalized spacial score (nSPS) is 10.6. The van der Waals surface area contributed by atoms with E-state index in [2.05, 4.69) is 0 Å². The van der Waals surface area contributed by atoms with Gasteiger partial charge in [-0.05, 0) is 19.1 Å². The van der Waals surface area contributed by atoms with Gasteiger partial charge >= 0.3 is 0 Å². The third kappa shape index (κ3) is 1.59. The number of aryl methyl sites for hydroxylation is 1. The number of benzene rings is 1. The summed E-state index contributed by atoms with van der Waals surface area (Å²) in [6.07, 6.45) is 0. The van der Waals surface area contributed by atoms with Gasteiger partial charge in [-0.25, -0.2) is 4.68 Å². The van der Waals surface area contributed by atoms with Crippen molar-refractivity contribution in [2.24, 2.45) is 7.05 Å². The molecule has 0 saturated heterocycles. The average molecular weight is 223 g/mol. The summed E-state index contributed by atoms with van der Waals surface area (Å²) in [4.78, 5) is 11.7. The Balaban J connectivity index is 2.75. The molecule has 2 aromatic rings. The number of rotatable bonds is 1. The Morgan fingerprint density at radius 1 is 1.27 bits per heavy atom. The van der Waals surface area contributed by atoms with Crippen molar-refractivity contribution >= 4 is 11.6 Å². The fourth-order valence-corrected chi connectivity index (χ4v) is 1.76. The van der Waals surface area contributed by atoms with Crippen molar-refractivity contribution in [3.63, 3.8) is 0 Å². The Morgan fingerprint density at radius 2 is 1.93 bits per heavy atom. The summed E-state index contributed by atoms with van der Waals surface area (Å²) in [7, 11) is 1.83. The second-order valence-corrected chi connectivity index (χ2v) is 3.82. The van der Waals surface area contributed by atoms with Crippen molar-refractivity contribution in [2.75, 3.05) is 0 Å². The highest BCUT2D eigenvalue weighted by molar-refractivity contribution is 6.32. The first kappa shape index (κ1) is 10.1. The van der Waals surface area contributed by atoms with Crippen LogP contribution in [-0.4, -0.2) is 9.36 Å². The van der Waals surface area contributed by atoms with E-state index in [4.69, 9.17) is 11.6 Å². The maximum Gasteiger partial charge on any atom is 0.271 e. The molecule has 1 aromatic heterocycles. The molecule has 0 aliphatic carbocycles. The minimum absolute atomic E-state index is 0.0666. The molecule has 15 heavy (non-hydrogen) atoms. The molecule has 0 aliphatic rings. The monoisotopic (exact) mass is 222 g/mol. The number of halogens is 1. The molecular formula is C11H11ClN2O. The van der Waals surface area contributed by atoms with E-state index in [1.807, 2.05) is 32.2 Å². The molecule has 0 bridgehead atoms. The number of hydrogen-bond donors (Lipinski definition) is 0. The number of para-hydroxylation sites is 1. The molecule has 0 N–H and O–H groups in total. The summed E-state index contributed by atoms with van der Waals surface area (Å²) in [5.74, 6) is 0. The van der Waals surface area contributed by atoms with Crippen molar-refractivity contribution in [3.8, 4) is 5.69 Å². The molecule has 3 nitrogen and oxygen atoms in total. The van der Waals surface area contributed by atoms with Crippen LogP contribution in [0.3, 0.4) is 0 Å². The van der Waals surface area contributed by atoms with Crippen LogP contribution >= 0.6 is 11.6 Å². The maximum atomic E-state index is 11.7. The number of hydrogen-bond acceptors (Lipinski definition) is 1. The number of nitrogens with zero attached hydrogens (tertiary/aromatic N) is 2. The fourth-order valence-electron chi connectivity index (χ4n) is 1.54. The minimum Gasteiger partial charge on any atom is -0.285 e. The van der Waals surface area contributed by atoms with Gasteiger partial charge in [0, 0.05) is 18.8 Å². The van der Waals surface area contributed by atoms with Gasteiger partial charge in [-0.1, -0.05) is 23.7 Å². The predicted octanol–water partition coefficient (Wildman–Crippen LogP) is 2.14. The van der Waals surface area contributed by atoms with Crippen molar-refractivity contribution in [2.45, 2.75) is 6.92 Å². The molecule has 1 heterocycles. The van der Waals surface area contributed by atoms with Gasteiger partial charge in [-0.2, -0.15) is 0 Å². The average Bonchev–Trinajstić information content (AvgIpc) is 2.43. The van der Waals surface area contributed by atoms with Crippen LogP contribution < -0.4 is 5.56 Å². The summed E-state index contributed by atoms with van der Waals surface area (Å²) in [5.41, 5.74) is 1.54. The van der Waals surface area contributed by atoms with E-state index in [-0.39, 0.29) is 5.56 Å². The standard InChI is InChI=1S/C11H11ClN2O/c1-8-7-11(15)14(13(8)2)10-6-4-3-5-9(10)12/h3-7H,1-2H3. The summed E-state index contributed by atoms with van der Waals surface area (Å²) in [5, 5.41) is 0.570. The van der Waals surface area contributed by atoms with Gasteiger partial charge in [0.25, 0.3) is 5.56 Å². The molecule has 1 aromatic carbocycles. The largest absolute Gasteiger partial charge is 0.285 e. The summed E-state index contributed by atoms with van der Waals surface area (Å²) < 4.78 is 3.33. The molecular weight excluding hydrogens is 212 g/mol. The molecule has 0 spiro atoms. The minimum atomic E-state index is -0.0666. The molecule has 0 amide bonds. The van der Waals surface area contributed by atoms with E-state index < -0.39 is 0 Å². The second kappa shape index (κ2) is 3.59. The fraction of sp³-hybridized carbons (Fsp3) is 0.182. The quantitative estimate of drug-likeness (QED) is 0.726. The lowest BCUT2D eigenvalue weighted by molar-refractivity contribution is 0.630. The van der Waals surface area contributed by atoms with Crippen LogP contribution in [0.1, 0.15) is 5.69 Å². The number of aromatic nitrogens is 2. The highest BCUT2D eigenvalue weighted by Gasteiger charge is 2.09. The van der Waals surface area contributed by atoms with E-state index in [1.54, 1.807) is 21.5 Å². The zero-order valence-electron chi connectivity index (χ0n) is 8.57. The van der Waals surface area contributed by atoms with Gasteiger partial charge in [0.1, 0.15) is 0 Å². The van der Waals surface area contributed by atoms with Gasteiger partial charge in [0.15, 0.2) is 0 Å². The molecule has 0 saturated carbocycles. The molecule has 0 radical (unpaired) electrons. The SMILES string of the molecule is Cc1cc(=O)n(-c2ccccc2Cl)n1C. The van der Waals surface area contributed by atoms with Crippen LogP contribution in [0.15, 0.2) is 35.1 Å². The van der Waals surface area contributed by atoms with Crippen LogP contribution in [0.25, 0.3) is 5.69 Å². The van der Waals surface area contributed by atoms with Gasteiger partial charge in [-0.15, -0.1) is 0 Å². The first-order valence-electron chi connectivity index (χ1n) is 4.62. The van der Waals surface area contributed by atoms with Crippen LogP contribution in [0.4, 0.5) is 0 Å². The summed E-state index contributed by atoms with van der Waals surface area (Å²) >= 11 is 6.04. The zero-order valence-corrected chi connectivity index (χ0v) is 9.32. The van der Waals surface area contributed by atoms with Crippen LogP contribution in [0.2, 0.25) is 5.02 Å². The highest BCUT2D eigenvalue weighted by Crippen LogP contribution is 2.18. The molecule has 0 aliphatic heterocycles. The molecule has 0 atom stereocenters. The van der Waals surface area contributed by atoms with E-state index in [1.165, 1.54) is 0 Å². The van der Waals surface area contributed by atoms with Crippen LogP contribution in [0.5, 0.6) is 0 Å². The van der Waals surface area contributed by atoms with Gasteiger partial charge < -0.3 is 0 Å². The highest BCUT2D eigenvalue weighted by atomic mass is 35.5. The van der Waals surface area contributed by atoms with Gasteiger partial charge in [-0.3, -0.25) is 9.48 Å². The lowest BCUT2D eigenvalue weighted by Gasteiger charge is -2.09. The Bertz CT molecular complexity index is 554. The second-order valence-electron chi connectivity index (χ2n) is 3.41. The summed E-state index contributed by atoms with van der Waals surface area (Å²) in [6.45, 7) is 1.88. The molecule has 0 fully saturated rings. The van der Waals surface area contributed by atoms with Gasteiger partial charge in [0.05, 0.1) is 10.7 Å². The van der Waals surface area contributed by atoms with Crippen molar-refractivity contribution < 1.29 is 0 Å². The van der Waals surface area contributed by atoms with Gasteiger partial charge in [0.2, 0.25) is 0 Å². The predicted molar refractivity (Wildman–Crippen MR) is 60.8 cm³/mol. The van der Waals surface area contributed by atoms with Crippen molar-refractivity contribution in [3.05, 3.63) is 51.4 Å².